The van der Waals surface area contributed by atoms with Crippen molar-refractivity contribution >= 4 is 20.9 Å². The van der Waals surface area contributed by atoms with Crippen molar-refractivity contribution in [2.75, 3.05) is 6.26 Å². The molecule has 1 rings (SSSR count). The van der Waals surface area contributed by atoms with Crippen molar-refractivity contribution in [3.05, 3.63) is 18.0 Å². The van der Waals surface area contributed by atoms with E-state index in [0.29, 0.717) is 0 Å². The number of hydrogen-bond acceptors (Lipinski definition) is 5. The van der Waals surface area contributed by atoms with Crippen LogP contribution in [0.5, 0.6) is 0 Å². The normalized spacial score (nSPS) is 16.4. The molecule has 6 heteroatoms. The monoisotopic (exact) mass is 186 g/mol. The molecule has 12 heavy (non-hydrogen) atoms. The fraction of sp³-hybridized carbons (Fsp3) is 0.167. The molecule has 0 amide bonds. The van der Waals surface area contributed by atoms with Gasteiger partial charge < -0.3 is 5.32 Å². The van der Waals surface area contributed by atoms with Crippen molar-refractivity contribution < 1.29 is 13.2 Å². The first-order chi connectivity index (χ1) is 5.54. The van der Waals surface area contributed by atoms with Crippen LogP contribution in [0.1, 0.15) is 0 Å². The average Bonchev–Trinajstić information content (AvgIpc) is 2.03. The van der Waals surface area contributed by atoms with Gasteiger partial charge in [0.2, 0.25) is 15.0 Å². The average molecular weight is 186 g/mol. The second-order valence-corrected chi connectivity index (χ2v) is 4.09. The number of carbonyl (C=O) groups excluding carboxylic acids is 1. The minimum absolute atomic E-state index is 0.0606. The van der Waals surface area contributed by atoms with E-state index in [4.69, 9.17) is 0 Å². The first kappa shape index (κ1) is 8.70. The van der Waals surface area contributed by atoms with Crippen LogP contribution in [0.15, 0.2) is 23.0 Å². The van der Waals surface area contributed by atoms with Crippen LogP contribution in [-0.4, -0.2) is 25.8 Å². The van der Waals surface area contributed by atoms with E-state index >= 15 is 0 Å². The van der Waals surface area contributed by atoms with Crippen LogP contribution in [0.4, 0.5) is 0 Å². The van der Waals surface area contributed by atoms with Crippen molar-refractivity contribution in [3.63, 3.8) is 0 Å². The number of hydrogen-bond donors (Lipinski definition) is 1. The lowest BCUT2D eigenvalue weighted by Gasteiger charge is -2.07. The number of allylic oxidation sites excluding steroid dienone is 1. The second kappa shape index (κ2) is 2.92. The van der Waals surface area contributed by atoms with Crippen LogP contribution < -0.4 is 5.32 Å². The Balaban J connectivity index is 3.07. The number of aliphatic imine (C=N–C) groups is 1. The molecule has 0 aromatic rings. The lowest BCUT2D eigenvalue weighted by atomic mass is 10.4. The summed E-state index contributed by atoms with van der Waals surface area (Å²) in [6, 6.07) is 0. The molecule has 64 valence electrons. The Morgan fingerprint density at radius 1 is 1.58 bits per heavy atom. The number of nitrogens with zero attached hydrogens (tertiary/aromatic N) is 1. The molecule has 0 saturated carbocycles. The van der Waals surface area contributed by atoms with E-state index < -0.39 is 9.84 Å². The van der Waals surface area contributed by atoms with Gasteiger partial charge in [-0.1, -0.05) is 0 Å². The Hall–Kier alpha value is -1.39. The molecule has 1 aliphatic rings. The molecule has 0 atom stereocenters. The molecule has 0 spiro atoms. The number of rotatable bonds is 0. The molecule has 5 nitrogen and oxygen atoms in total. The summed E-state index contributed by atoms with van der Waals surface area (Å²) >= 11 is 0. The molecule has 0 bridgehead atoms. The number of sulfone groups is 1. The lowest BCUT2D eigenvalue weighted by molar-refractivity contribution is 0.567. The molecular formula is C6H6N2O3S. The Bertz CT molecular complexity index is 399. The number of amidine groups is 1. The summed E-state index contributed by atoms with van der Waals surface area (Å²) in [5.74, 6) is 1.53. The highest BCUT2D eigenvalue weighted by Gasteiger charge is 2.15. The maximum atomic E-state index is 10.9. The Morgan fingerprint density at radius 3 is 2.75 bits per heavy atom. The van der Waals surface area contributed by atoms with Crippen molar-refractivity contribution in [2.24, 2.45) is 4.99 Å². The minimum Gasteiger partial charge on any atom is -0.321 e. The Morgan fingerprint density at radius 2 is 2.25 bits per heavy atom. The highest BCUT2D eigenvalue weighted by molar-refractivity contribution is 8.05. The minimum atomic E-state index is -3.38. The summed E-state index contributed by atoms with van der Waals surface area (Å²) in [7, 11) is -3.38. The zero-order valence-corrected chi connectivity index (χ0v) is 7.05. The van der Waals surface area contributed by atoms with Crippen molar-refractivity contribution in [2.45, 2.75) is 0 Å². The molecule has 0 aromatic heterocycles. The Labute approximate surface area is 69.4 Å². The molecular weight excluding hydrogens is 180 g/mol. The summed E-state index contributed by atoms with van der Waals surface area (Å²) in [5, 5.41) is 2.08. The van der Waals surface area contributed by atoms with E-state index in [1.165, 1.54) is 18.2 Å². The second-order valence-electron chi connectivity index (χ2n) is 2.16. The van der Waals surface area contributed by atoms with Gasteiger partial charge in [-0.25, -0.2) is 18.2 Å². The van der Waals surface area contributed by atoms with Crippen LogP contribution in [0.2, 0.25) is 0 Å². The number of nitrogens with one attached hydrogen (secondary N) is 1. The van der Waals surface area contributed by atoms with Crippen molar-refractivity contribution in [1.29, 1.82) is 0 Å². The van der Waals surface area contributed by atoms with Gasteiger partial charge in [-0.05, 0) is 6.08 Å². The highest BCUT2D eigenvalue weighted by atomic mass is 32.2. The highest BCUT2D eigenvalue weighted by Crippen LogP contribution is 1.99. The maximum absolute atomic E-state index is 10.9. The van der Waals surface area contributed by atoms with Gasteiger partial charge in [0.25, 0.3) is 0 Å². The van der Waals surface area contributed by atoms with E-state index in [1.54, 1.807) is 0 Å². The van der Waals surface area contributed by atoms with Gasteiger partial charge >= 0.3 is 0 Å². The van der Waals surface area contributed by atoms with E-state index in [-0.39, 0.29) is 10.9 Å². The smallest absolute Gasteiger partial charge is 0.225 e. The van der Waals surface area contributed by atoms with E-state index in [1.807, 2.05) is 0 Å². The molecule has 1 heterocycles. The van der Waals surface area contributed by atoms with Crippen LogP contribution in [0.3, 0.4) is 0 Å². The first-order valence-corrected chi connectivity index (χ1v) is 4.90. The van der Waals surface area contributed by atoms with Crippen LogP contribution in [0, 0.1) is 0 Å². The van der Waals surface area contributed by atoms with E-state index in [9.17, 15) is 13.2 Å². The maximum Gasteiger partial charge on any atom is 0.225 e. The Kier molecular flexibility index (Phi) is 2.12. The van der Waals surface area contributed by atoms with E-state index in [0.717, 1.165) is 6.26 Å². The first-order valence-electron chi connectivity index (χ1n) is 3.00. The zero-order chi connectivity index (χ0) is 9.19. The van der Waals surface area contributed by atoms with Gasteiger partial charge in [0, 0.05) is 12.5 Å². The predicted octanol–water partition coefficient (Wildman–Crippen LogP) is -0.781. The third-order valence-corrected chi connectivity index (χ3v) is 2.05. The van der Waals surface area contributed by atoms with E-state index in [2.05, 4.69) is 10.3 Å². The molecule has 1 N–H and O–H groups in total. The van der Waals surface area contributed by atoms with Crippen molar-refractivity contribution in [3.8, 4) is 0 Å². The van der Waals surface area contributed by atoms with Crippen molar-refractivity contribution in [1.82, 2.24) is 5.32 Å². The summed E-state index contributed by atoms with van der Waals surface area (Å²) < 4.78 is 21.8. The van der Waals surface area contributed by atoms with Gasteiger partial charge in [-0.2, -0.15) is 0 Å². The predicted molar refractivity (Wildman–Crippen MR) is 43.8 cm³/mol. The van der Waals surface area contributed by atoms with Gasteiger partial charge in [0.15, 0.2) is 5.94 Å². The summed E-state index contributed by atoms with van der Waals surface area (Å²) in [6.45, 7) is 0. The molecule has 0 saturated heterocycles. The van der Waals surface area contributed by atoms with Gasteiger partial charge in [-0.15, -0.1) is 0 Å². The molecule has 0 aliphatic carbocycles. The zero-order valence-electron chi connectivity index (χ0n) is 6.23. The van der Waals surface area contributed by atoms with Crippen LogP contribution in [-0.2, 0) is 14.6 Å². The molecule has 0 fully saturated rings. The SMILES string of the molecule is CS(=O)(=O)C1=NC=CC(=C=O)N1. The lowest BCUT2D eigenvalue weighted by Crippen LogP contribution is -2.31. The molecule has 0 radical (unpaired) electrons. The van der Waals surface area contributed by atoms with Gasteiger partial charge in [-0.3, -0.25) is 0 Å². The third kappa shape index (κ3) is 1.81. The molecule has 1 aliphatic heterocycles. The summed E-state index contributed by atoms with van der Waals surface area (Å²) in [4.78, 5) is 13.6. The fourth-order valence-corrected chi connectivity index (χ4v) is 1.16. The largest absolute Gasteiger partial charge is 0.321 e. The quantitative estimate of drug-likeness (QED) is 0.503. The van der Waals surface area contributed by atoms with Crippen LogP contribution >= 0.6 is 0 Å². The molecule has 0 aromatic carbocycles. The standard InChI is InChI=1S/C6H6N2O3S/c1-12(10,11)6-7-3-2-5(4-9)8-6/h2-3H,1H3,(H,7,8). The summed E-state index contributed by atoms with van der Waals surface area (Å²) in [6.07, 6.45) is 3.56. The topological polar surface area (TPSA) is 75.6 Å². The summed E-state index contributed by atoms with van der Waals surface area (Å²) in [5.41, 5.74) is 0.0606. The van der Waals surface area contributed by atoms with Crippen LogP contribution in [0.25, 0.3) is 0 Å². The van der Waals surface area contributed by atoms with Gasteiger partial charge in [0.05, 0.1) is 0 Å². The third-order valence-electron chi connectivity index (χ3n) is 1.14. The fourth-order valence-electron chi connectivity index (χ4n) is 0.617. The molecule has 0 unspecified atom stereocenters. The van der Waals surface area contributed by atoms with Gasteiger partial charge in [0.1, 0.15) is 5.70 Å².